The van der Waals surface area contributed by atoms with E-state index in [4.69, 9.17) is 12.0 Å². The molecule has 0 saturated heterocycles. The standard InChI is InChI=1S/C4H6O/c1-4(2)3-5/h1,3,5H,2H3/b4-3+. The van der Waals surface area contributed by atoms with E-state index in [9.17, 15) is 0 Å². The molecule has 1 heteroatoms. The minimum absolute atomic E-state index is 0.435. The molecule has 1 N–H and O–H groups in total. The van der Waals surface area contributed by atoms with Crippen LogP contribution in [0.1, 0.15) is 6.92 Å². The Balaban J connectivity index is 3.14. The van der Waals surface area contributed by atoms with Crippen molar-refractivity contribution in [2.24, 2.45) is 0 Å². The maximum Gasteiger partial charge on any atom is 0.0784 e. The molecule has 0 aliphatic carbocycles. The van der Waals surface area contributed by atoms with Crippen molar-refractivity contribution in [3.05, 3.63) is 18.8 Å². The predicted molar refractivity (Wildman–Crippen MR) is 20.7 cm³/mol. The Bertz CT molecular complexity index is 41.6. The molecule has 0 aromatic heterocycles. The number of aliphatic hydroxyl groups excluding tert-OH is 1. The van der Waals surface area contributed by atoms with Gasteiger partial charge < -0.3 is 5.11 Å². The number of rotatable bonds is 0. The molecule has 0 fully saturated rings. The van der Waals surface area contributed by atoms with Crippen molar-refractivity contribution in [2.45, 2.75) is 6.92 Å². The first-order valence-electron chi connectivity index (χ1n) is 1.34. The molecule has 0 aliphatic rings. The normalized spacial score (nSPS) is 12.0. The molecule has 0 saturated carbocycles. The lowest BCUT2D eigenvalue weighted by atomic mass is 10.4. The molecule has 2 radical (unpaired) electrons. The molecule has 0 aromatic rings. The lowest BCUT2D eigenvalue weighted by Crippen LogP contribution is -1.57. The van der Waals surface area contributed by atoms with Gasteiger partial charge in [-0.15, -0.1) is 0 Å². The maximum atomic E-state index is 7.86. The summed E-state index contributed by atoms with van der Waals surface area (Å²) in [5.74, 6) is 0. The lowest BCUT2D eigenvalue weighted by Gasteiger charge is -1.72. The lowest BCUT2D eigenvalue weighted by molar-refractivity contribution is 0.469. The van der Waals surface area contributed by atoms with Crippen LogP contribution in [0.3, 0.4) is 0 Å². The van der Waals surface area contributed by atoms with Gasteiger partial charge in [0.2, 0.25) is 0 Å². The minimum atomic E-state index is 0.435. The summed E-state index contributed by atoms with van der Waals surface area (Å²) in [4.78, 5) is 0. The number of allylic oxidation sites excluding steroid dienone is 1. The van der Waals surface area contributed by atoms with Gasteiger partial charge in [0.05, 0.1) is 6.26 Å². The third-order valence-electron chi connectivity index (χ3n) is 0.204. The molecule has 0 heterocycles. The Hall–Kier alpha value is -0.460. The molecule has 28 valence electrons. The van der Waals surface area contributed by atoms with Crippen LogP contribution in [-0.4, -0.2) is 5.11 Å². The van der Waals surface area contributed by atoms with Gasteiger partial charge >= 0.3 is 0 Å². The second-order valence-electron chi connectivity index (χ2n) is 0.873. The minimum Gasteiger partial charge on any atom is -0.516 e. The number of hydrogen-bond acceptors (Lipinski definition) is 1. The first kappa shape index (κ1) is 4.54. The van der Waals surface area contributed by atoms with E-state index in [0.717, 1.165) is 6.26 Å². The van der Waals surface area contributed by atoms with Crippen LogP contribution in [0.4, 0.5) is 0 Å². The van der Waals surface area contributed by atoms with Crippen LogP contribution >= 0.6 is 0 Å². The summed E-state index contributed by atoms with van der Waals surface area (Å²) in [6.45, 7) is 6.51. The van der Waals surface area contributed by atoms with E-state index < -0.39 is 0 Å². The summed E-state index contributed by atoms with van der Waals surface area (Å²) >= 11 is 0. The van der Waals surface area contributed by atoms with Crippen molar-refractivity contribution in [2.75, 3.05) is 0 Å². The van der Waals surface area contributed by atoms with Gasteiger partial charge in [-0.2, -0.15) is 0 Å². The van der Waals surface area contributed by atoms with Crippen LogP contribution in [0.2, 0.25) is 0 Å². The van der Waals surface area contributed by atoms with Crippen molar-refractivity contribution >= 4 is 0 Å². The van der Waals surface area contributed by atoms with Crippen molar-refractivity contribution in [3.63, 3.8) is 0 Å². The third-order valence-corrected chi connectivity index (χ3v) is 0.204. The Labute approximate surface area is 31.9 Å². The molecule has 0 aromatic carbocycles. The van der Waals surface area contributed by atoms with Crippen LogP contribution in [0.15, 0.2) is 11.8 Å². The molecule has 0 spiro atoms. The zero-order valence-electron chi connectivity index (χ0n) is 3.10. The highest BCUT2D eigenvalue weighted by Crippen LogP contribution is 1.79. The average Bonchev–Trinajstić information content (AvgIpc) is 1.38. The predicted octanol–water partition coefficient (Wildman–Crippen LogP) is 1.16. The van der Waals surface area contributed by atoms with Gasteiger partial charge in [0.15, 0.2) is 0 Å². The van der Waals surface area contributed by atoms with Crippen molar-refractivity contribution in [1.29, 1.82) is 0 Å². The van der Waals surface area contributed by atoms with Gasteiger partial charge in [-0.25, -0.2) is 0 Å². The van der Waals surface area contributed by atoms with Crippen LogP contribution in [0.25, 0.3) is 0 Å². The highest BCUT2D eigenvalue weighted by Gasteiger charge is 1.63. The highest BCUT2D eigenvalue weighted by molar-refractivity contribution is 4.94. The van der Waals surface area contributed by atoms with Gasteiger partial charge in [0, 0.05) is 0 Å². The van der Waals surface area contributed by atoms with Gasteiger partial charge in [0.1, 0.15) is 0 Å². The monoisotopic (exact) mass is 70.0 g/mol. The van der Waals surface area contributed by atoms with Crippen molar-refractivity contribution in [1.82, 2.24) is 0 Å². The zero-order chi connectivity index (χ0) is 4.28. The molecule has 1 nitrogen and oxygen atoms in total. The Morgan fingerprint density at radius 2 is 2.20 bits per heavy atom. The molecule has 0 rings (SSSR count). The molecule has 0 atom stereocenters. The molecule has 5 heavy (non-hydrogen) atoms. The highest BCUT2D eigenvalue weighted by atomic mass is 16.2. The Morgan fingerprint density at radius 3 is 2.20 bits per heavy atom. The maximum absolute atomic E-state index is 7.86. The van der Waals surface area contributed by atoms with Gasteiger partial charge in [-0.1, -0.05) is 0 Å². The van der Waals surface area contributed by atoms with E-state index in [1.807, 2.05) is 0 Å². The summed E-state index contributed by atoms with van der Waals surface area (Å²) in [5, 5.41) is 7.86. The van der Waals surface area contributed by atoms with E-state index in [0.29, 0.717) is 5.57 Å². The number of aliphatic hydroxyl groups is 1. The molecule has 0 bridgehead atoms. The summed E-state index contributed by atoms with van der Waals surface area (Å²) in [5.41, 5.74) is 0.435. The van der Waals surface area contributed by atoms with Crippen molar-refractivity contribution < 1.29 is 5.11 Å². The first-order chi connectivity index (χ1) is 2.27. The fourth-order valence-electron chi connectivity index (χ4n) is 0. The molecule has 0 amide bonds. The van der Waals surface area contributed by atoms with Crippen LogP contribution in [0, 0.1) is 6.92 Å². The fourth-order valence-corrected chi connectivity index (χ4v) is 0. The molecule has 0 aliphatic heterocycles. The first-order valence-corrected chi connectivity index (χ1v) is 1.34. The Kier molecular flexibility index (Phi) is 1.65. The van der Waals surface area contributed by atoms with Gasteiger partial charge in [-0.3, -0.25) is 0 Å². The van der Waals surface area contributed by atoms with E-state index in [1.54, 1.807) is 6.92 Å². The summed E-state index contributed by atoms with van der Waals surface area (Å²) in [6, 6.07) is 0. The van der Waals surface area contributed by atoms with Gasteiger partial charge in [-0.05, 0) is 19.4 Å². The van der Waals surface area contributed by atoms with Crippen molar-refractivity contribution in [3.8, 4) is 0 Å². The fraction of sp³-hybridized carbons (Fsp3) is 0.250. The second kappa shape index (κ2) is 1.82. The number of hydrogen-bond donors (Lipinski definition) is 1. The van der Waals surface area contributed by atoms with Crippen LogP contribution < -0.4 is 0 Å². The third kappa shape index (κ3) is 3.54. The Morgan fingerprint density at radius 1 is 2.00 bits per heavy atom. The van der Waals surface area contributed by atoms with E-state index in [-0.39, 0.29) is 0 Å². The molecular weight excluding hydrogens is 64.0 g/mol. The summed E-state index contributed by atoms with van der Waals surface area (Å²) in [6.07, 6.45) is 0.861. The van der Waals surface area contributed by atoms with Crippen LogP contribution in [-0.2, 0) is 0 Å². The summed E-state index contributed by atoms with van der Waals surface area (Å²) < 4.78 is 0. The van der Waals surface area contributed by atoms with E-state index in [2.05, 4.69) is 0 Å². The average molecular weight is 70.1 g/mol. The SMILES string of the molecule is [CH]/C(C)=C\O. The second-order valence-corrected chi connectivity index (χ2v) is 0.873. The topological polar surface area (TPSA) is 20.2 Å². The largest absolute Gasteiger partial charge is 0.516 e. The van der Waals surface area contributed by atoms with Gasteiger partial charge in [0.25, 0.3) is 0 Å². The quantitative estimate of drug-likeness (QED) is 0.424. The smallest absolute Gasteiger partial charge is 0.0784 e. The molecular formula is C4H6O. The van der Waals surface area contributed by atoms with Crippen LogP contribution in [0.5, 0.6) is 0 Å². The van der Waals surface area contributed by atoms with E-state index in [1.165, 1.54) is 0 Å². The summed E-state index contributed by atoms with van der Waals surface area (Å²) in [7, 11) is 0. The molecule has 0 unspecified atom stereocenters. The van der Waals surface area contributed by atoms with E-state index >= 15 is 0 Å². The zero-order valence-corrected chi connectivity index (χ0v) is 3.10.